The lowest BCUT2D eigenvalue weighted by Crippen LogP contribution is -2.10. The first-order valence-electron chi connectivity index (χ1n) is 4.89. The maximum atomic E-state index is 11.8. The van der Waals surface area contributed by atoms with Gasteiger partial charge in [0.25, 0.3) is 5.91 Å². The van der Waals surface area contributed by atoms with Crippen LogP contribution in [0.25, 0.3) is 10.2 Å². The number of benzene rings is 1. The molecule has 17 heavy (non-hydrogen) atoms. The highest BCUT2D eigenvalue weighted by atomic mass is 32.1. The summed E-state index contributed by atoms with van der Waals surface area (Å²) < 4.78 is 5.62. The van der Waals surface area contributed by atoms with Crippen LogP contribution in [-0.2, 0) is 0 Å². The minimum Gasteiger partial charge on any atom is -0.363 e. The Morgan fingerprint density at radius 2 is 2.24 bits per heavy atom. The van der Waals surface area contributed by atoms with Crippen molar-refractivity contribution in [2.24, 2.45) is 0 Å². The molecule has 0 saturated carbocycles. The van der Waals surface area contributed by atoms with E-state index in [-0.39, 0.29) is 5.91 Å². The van der Waals surface area contributed by atoms with Crippen LogP contribution in [0.5, 0.6) is 0 Å². The second-order valence-corrected chi connectivity index (χ2v) is 4.38. The van der Waals surface area contributed by atoms with Crippen molar-refractivity contribution >= 4 is 33.1 Å². The molecule has 0 unspecified atom stereocenters. The Morgan fingerprint density at radius 1 is 1.35 bits per heavy atom. The molecule has 1 aromatic carbocycles. The quantitative estimate of drug-likeness (QED) is 0.753. The Hall–Kier alpha value is -2.21. The predicted octanol–water partition coefficient (Wildman–Crippen LogP) is 2.54. The minimum absolute atomic E-state index is 0.255. The molecule has 5 nitrogen and oxygen atoms in total. The smallest absolute Gasteiger partial charge is 0.284 e. The molecule has 3 rings (SSSR count). The molecule has 84 valence electrons. The van der Waals surface area contributed by atoms with E-state index in [1.165, 1.54) is 23.8 Å². The maximum absolute atomic E-state index is 11.8. The number of aromatic nitrogens is 2. The third-order valence-electron chi connectivity index (χ3n) is 2.18. The van der Waals surface area contributed by atoms with Crippen molar-refractivity contribution in [3.05, 3.63) is 41.7 Å². The fourth-order valence-electron chi connectivity index (χ4n) is 1.42. The molecule has 0 atom stereocenters. The normalized spacial score (nSPS) is 10.6. The van der Waals surface area contributed by atoms with Gasteiger partial charge in [-0.15, -0.1) is 11.3 Å². The molecule has 0 aliphatic heterocycles. The van der Waals surface area contributed by atoms with E-state index in [9.17, 15) is 4.79 Å². The predicted molar refractivity (Wildman–Crippen MR) is 64.1 cm³/mol. The van der Waals surface area contributed by atoms with E-state index in [1.54, 1.807) is 0 Å². The summed E-state index contributed by atoms with van der Waals surface area (Å²) in [4.78, 5) is 16.1. The number of nitrogens with one attached hydrogen (secondary N) is 1. The van der Waals surface area contributed by atoms with Crippen molar-refractivity contribution in [3.63, 3.8) is 0 Å². The average molecular weight is 245 g/mol. The number of anilines is 1. The number of carbonyl (C=O) groups excluding carboxylic acids is 1. The molecule has 6 heteroatoms. The lowest BCUT2D eigenvalue weighted by atomic mass is 10.3. The van der Waals surface area contributed by atoms with Crippen molar-refractivity contribution in [1.29, 1.82) is 0 Å². The molecule has 2 aromatic heterocycles. The van der Waals surface area contributed by atoms with Crippen LogP contribution in [0.15, 0.2) is 41.2 Å². The summed E-state index contributed by atoms with van der Waals surface area (Å²) in [6.07, 6.45) is 2.80. The van der Waals surface area contributed by atoms with E-state index in [0.717, 1.165) is 10.2 Å². The number of thiazole rings is 1. The number of rotatable bonds is 2. The van der Waals surface area contributed by atoms with Crippen molar-refractivity contribution in [3.8, 4) is 0 Å². The Bertz CT molecular complexity index is 627. The largest absolute Gasteiger partial charge is 0.363 e. The fraction of sp³-hybridized carbons (Fsp3) is 0. The van der Waals surface area contributed by atoms with Gasteiger partial charge in [0.15, 0.2) is 5.01 Å². The number of nitrogens with zero attached hydrogens (tertiary/aromatic N) is 2. The van der Waals surface area contributed by atoms with E-state index in [2.05, 4.69) is 20.0 Å². The number of carbonyl (C=O) groups is 1. The van der Waals surface area contributed by atoms with Gasteiger partial charge in [-0.2, -0.15) is 0 Å². The lowest BCUT2D eigenvalue weighted by molar-refractivity contribution is 0.102. The molecular formula is C11H7N3O2S. The first-order chi connectivity index (χ1) is 8.33. The van der Waals surface area contributed by atoms with Crippen LogP contribution >= 0.6 is 11.3 Å². The van der Waals surface area contributed by atoms with Crippen molar-refractivity contribution in [1.82, 2.24) is 10.1 Å². The zero-order chi connectivity index (χ0) is 11.7. The van der Waals surface area contributed by atoms with Gasteiger partial charge < -0.3 is 9.84 Å². The van der Waals surface area contributed by atoms with Crippen LogP contribution in [0.3, 0.4) is 0 Å². The van der Waals surface area contributed by atoms with Gasteiger partial charge in [-0.05, 0) is 12.1 Å². The number of amides is 1. The van der Waals surface area contributed by atoms with Gasteiger partial charge in [-0.1, -0.05) is 17.3 Å². The van der Waals surface area contributed by atoms with E-state index < -0.39 is 0 Å². The summed E-state index contributed by atoms with van der Waals surface area (Å²) in [5.74, 6) is -0.255. The Kier molecular flexibility index (Phi) is 2.34. The van der Waals surface area contributed by atoms with Crippen LogP contribution in [0, 0.1) is 0 Å². The van der Waals surface area contributed by atoms with Gasteiger partial charge in [0.2, 0.25) is 0 Å². The van der Waals surface area contributed by atoms with E-state index in [1.807, 2.05) is 24.3 Å². The second-order valence-electron chi connectivity index (χ2n) is 3.35. The summed E-state index contributed by atoms with van der Waals surface area (Å²) in [7, 11) is 0. The molecule has 0 fully saturated rings. The summed E-state index contributed by atoms with van der Waals surface area (Å²) in [5, 5.41) is 6.58. The molecule has 0 radical (unpaired) electrons. The minimum atomic E-state index is -0.255. The monoisotopic (exact) mass is 245 g/mol. The molecule has 0 spiro atoms. The molecule has 0 bridgehead atoms. The molecule has 0 aliphatic carbocycles. The summed E-state index contributed by atoms with van der Waals surface area (Å²) in [6.45, 7) is 0. The van der Waals surface area contributed by atoms with E-state index in [0.29, 0.717) is 10.7 Å². The number of hydrogen-bond donors (Lipinski definition) is 1. The summed E-state index contributed by atoms with van der Waals surface area (Å²) in [5.41, 5.74) is 1.35. The average Bonchev–Trinajstić information content (AvgIpc) is 2.96. The van der Waals surface area contributed by atoms with Crippen LogP contribution < -0.4 is 5.32 Å². The first kappa shape index (κ1) is 9.98. The number of hydrogen-bond acceptors (Lipinski definition) is 5. The highest BCUT2D eigenvalue weighted by Gasteiger charge is 2.12. The zero-order valence-electron chi connectivity index (χ0n) is 8.58. The van der Waals surface area contributed by atoms with Crippen LogP contribution in [-0.4, -0.2) is 16.0 Å². The SMILES string of the molecule is O=C(Nc1cnoc1)c1nc2ccccc2s1. The van der Waals surface area contributed by atoms with Crippen molar-refractivity contribution in [2.45, 2.75) is 0 Å². The van der Waals surface area contributed by atoms with E-state index in [4.69, 9.17) is 0 Å². The van der Waals surface area contributed by atoms with Crippen molar-refractivity contribution in [2.75, 3.05) is 5.32 Å². The first-order valence-corrected chi connectivity index (χ1v) is 5.71. The van der Waals surface area contributed by atoms with Gasteiger partial charge >= 0.3 is 0 Å². The summed E-state index contributed by atoms with van der Waals surface area (Å²) in [6, 6.07) is 7.62. The molecule has 2 heterocycles. The highest BCUT2D eigenvalue weighted by molar-refractivity contribution is 7.20. The van der Waals surface area contributed by atoms with Crippen LogP contribution in [0.2, 0.25) is 0 Å². The zero-order valence-corrected chi connectivity index (χ0v) is 9.40. The Morgan fingerprint density at radius 3 is 3.00 bits per heavy atom. The molecular weight excluding hydrogens is 238 g/mol. The highest BCUT2D eigenvalue weighted by Crippen LogP contribution is 2.22. The second kappa shape index (κ2) is 3.99. The molecule has 3 aromatic rings. The van der Waals surface area contributed by atoms with Crippen LogP contribution in [0.1, 0.15) is 9.80 Å². The Balaban J connectivity index is 1.90. The maximum Gasteiger partial charge on any atom is 0.284 e. The summed E-state index contributed by atoms with van der Waals surface area (Å²) >= 11 is 1.35. The Labute approximate surface area is 100 Å². The van der Waals surface area contributed by atoms with Gasteiger partial charge in [0.1, 0.15) is 12.0 Å². The van der Waals surface area contributed by atoms with Crippen molar-refractivity contribution < 1.29 is 9.32 Å². The van der Waals surface area contributed by atoms with Gasteiger partial charge in [0, 0.05) is 0 Å². The van der Waals surface area contributed by atoms with Gasteiger partial charge in [-0.25, -0.2) is 4.98 Å². The topological polar surface area (TPSA) is 68.0 Å². The van der Waals surface area contributed by atoms with E-state index >= 15 is 0 Å². The van der Waals surface area contributed by atoms with Gasteiger partial charge in [0.05, 0.1) is 16.4 Å². The number of para-hydroxylation sites is 1. The lowest BCUT2D eigenvalue weighted by Gasteiger charge is -1.95. The third-order valence-corrected chi connectivity index (χ3v) is 3.21. The fourth-order valence-corrected chi connectivity index (χ4v) is 2.28. The van der Waals surface area contributed by atoms with Gasteiger partial charge in [-0.3, -0.25) is 4.79 Å². The standard InChI is InChI=1S/C11H7N3O2S/c15-10(13-7-5-12-16-6-7)11-14-8-3-1-2-4-9(8)17-11/h1-6H,(H,13,15). The molecule has 1 N–H and O–H groups in total. The molecule has 0 aliphatic rings. The third kappa shape index (κ3) is 1.90. The molecule has 1 amide bonds. The number of fused-ring (bicyclic) bond motifs is 1. The van der Waals surface area contributed by atoms with Crippen LogP contribution in [0.4, 0.5) is 5.69 Å². The molecule has 0 saturated heterocycles.